The average molecular weight is 196 g/mol. The lowest BCUT2D eigenvalue weighted by Gasteiger charge is -2.15. The number of aromatic nitrogens is 1. The molecule has 13 heavy (non-hydrogen) atoms. The Morgan fingerprint density at radius 2 is 2.38 bits per heavy atom. The molecule has 1 heterocycles. The molecule has 72 valence electrons. The van der Waals surface area contributed by atoms with E-state index in [-0.39, 0.29) is 0 Å². The lowest BCUT2D eigenvalue weighted by Crippen LogP contribution is -2.20. The van der Waals surface area contributed by atoms with Crippen molar-refractivity contribution in [3.63, 3.8) is 0 Å². The van der Waals surface area contributed by atoms with Gasteiger partial charge in [0.25, 0.3) is 0 Å². The normalized spacial score (nSPS) is 27.2. The minimum absolute atomic E-state index is 0.459. The van der Waals surface area contributed by atoms with Crippen molar-refractivity contribution in [3.05, 3.63) is 17.1 Å². The van der Waals surface area contributed by atoms with E-state index in [1.807, 2.05) is 7.05 Å². The lowest BCUT2D eigenvalue weighted by molar-refractivity contribution is 0.435. The second kappa shape index (κ2) is 3.07. The molecule has 1 N–H and O–H groups in total. The van der Waals surface area contributed by atoms with E-state index in [1.165, 1.54) is 23.6 Å². The number of nitrogens with zero attached hydrogens (tertiary/aromatic N) is 1. The maximum Gasteiger partial charge on any atom is 0.0714 e. The zero-order valence-corrected chi connectivity index (χ0v) is 9.19. The van der Waals surface area contributed by atoms with Crippen LogP contribution < -0.4 is 5.32 Å². The Balaban J connectivity index is 2.12. The molecule has 0 aromatic carbocycles. The van der Waals surface area contributed by atoms with Gasteiger partial charge < -0.3 is 5.32 Å². The van der Waals surface area contributed by atoms with E-state index in [0.29, 0.717) is 11.5 Å². The zero-order chi connectivity index (χ0) is 9.47. The van der Waals surface area contributed by atoms with Crippen LogP contribution in [0.4, 0.5) is 0 Å². The summed E-state index contributed by atoms with van der Waals surface area (Å²) in [5.74, 6) is 0.764. The third-order valence-electron chi connectivity index (χ3n) is 3.08. The summed E-state index contributed by atoms with van der Waals surface area (Å²) >= 11 is 1.54. The number of hydrogen-bond acceptors (Lipinski definition) is 3. The minimum atomic E-state index is 0.459. The highest BCUT2D eigenvalue weighted by Gasteiger charge is 2.50. The van der Waals surface area contributed by atoms with Crippen LogP contribution in [0.5, 0.6) is 0 Å². The van der Waals surface area contributed by atoms with Gasteiger partial charge in [-0.1, -0.05) is 13.8 Å². The van der Waals surface area contributed by atoms with Crippen LogP contribution in [0.25, 0.3) is 0 Å². The van der Waals surface area contributed by atoms with E-state index >= 15 is 0 Å². The van der Waals surface area contributed by atoms with Crippen LogP contribution in [-0.4, -0.2) is 11.4 Å². The topological polar surface area (TPSA) is 24.9 Å². The molecule has 1 aromatic heterocycles. The van der Waals surface area contributed by atoms with Gasteiger partial charge in [-0.25, -0.2) is 0 Å². The molecule has 0 aliphatic heterocycles. The largest absolute Gasteiger partial charge is 0.311 e. The highest BCUT2D eigenvalue weighted by molar-refractivity contribution is 7.03. The molecule has 1 fully saturated rings. The molecular weight excluding hydrogens is 180 g/mol. The fourth-order valence-corrected chi connectivity index (χ4v) is 2.57. The first kappa shape index (κ1) is 9.16. The van der Waals surface area contributed by atoms with Gasteiger partial charge in [0, 0.05) is 5.38 Å². The number of nitrogens with one attached hydrogen (secondary N) is 1. The van der Waals surface area contributed by atoms with Gasteiger partial charge in [-0.05, 0) is 42.4 Å². The zero-order valence-electron chi connectivity index (χ0n) is 8.37. The molecule has 3 heteroatoms. The van der Waals surface area contributed by atoms with E-state index < -0.39 is 0 Å². The van der Waals surface area contributed by atoms with Crippen LogP contribution in [0, 0.1) is 11.3 Å². The summed E-state index contributed by atoms with van der Waals surface area (Å²) < 4.78 is 4.39. The van der Waals surface area contributed by atoms with Crippen molar-refractivity contribution in [2.75, 3.05) is 7.05 Å². The molecule has 0 saturated heterocycles. The Hall–Kier alpha value is -0.410. The SMILES string of the molecule is CNC(c1ccsn1)C1CC1(C)C. The molecule has 2 atom stereocenters. The number of rotatable bonds is 3. The van der Waals surface area contributed by atoms with Gasteiger partial charge in [-0.15, -0.1) is 0 Å². The summed E-state index contributed by atoms with van der Waals surface area (Å²) in [6, 6.07) is 2.58. The van der Waals surface area contributed by atoms with Gasteiger partial charge in [-0.2, -0.15) is 4.37 Å². The number of hydrogen-bond donors (Lipinski definition) is 1. The molecule has 1 saturated carbocycles. The van der Waals surface area contributed by atoms with Crippen molar-refractivity contribution < 1.29 is 0 Å². The summed E-state index contributed by atoms with van der Waals surface area (Å²) in [6.07, 6.45) is 1.32. The molecule has 2 nitrogen and oxygen atoms in total. The van der Waals surface area contributed by atoms with Gasteiger partial charge in [-0.3, -0.25) is 0 Å². The van der Waals surface area contributed by atoms with Crippen LogP contribution in [0.2, 0.25) is 0 Å². The van der Waals surface area contributed by atoms with Gasteiger partial charge in [0.05, 0.1) is 11.7 Å². The van der Waals surface area contributed by atoms with Crippen LogP contribution in [-0.2, 0) is 0 Å². The fourth-order valence-electron chi connectivity index (χ4n) is 2.01. The molecule has 0 radical (unpaired) electrons. The smallest absolute Gasteiger partial charge is 0.0714 e. The Morgan fingerprint density at radius 3 is 2.77 bits per heavy atom. The van der Waals surface area contributed by atoms with Crippen LogP contribution in [0.3, 0.4) is 0 Å². The first-order valence-electron chi connectivity index (χ1n) is 4.73. The average Bonchev–Trinajstić information content (AvgIpc) is 2.55. The van der Waals surface area contributed by atoms with Crippen LogP contribution in [0.1, 0.15) is 32.0 Å². The first-order chi connectivity index (χ1) is 6.15. The summed E-state index contributed by atoms with van der Waals surface area (Å²) in [7, 11) is 2.03. The maximum absolute atomic E-state index is 4.39. The predicted octanol–water partition coefficient (Wildman–Crippen LogP) is 2.45. The Labute approximate surface area is 83.5 Å². The summed E-state index contributed by atoms with van der Waals surface area (Å²) in [5, 5.41) is 5.42. The summed E-state index contributed by atoms with van der Waals surface area (Å²) in [5.41, 5.74) is 1.72. The Bertz CT molecular complexity index is 279. The van der Waals surface area contributed by atoms with E-state index in [0.717, 1.165) is 5.92 Å². The van der Waals surface area contributed by atoms with E-state index in [2.05, 4.69) is 35.0 Å². The van der Waals surface area contributed by atoms with Crippen molar-refractivity contribution in [1.82, 2.24) is 9.69 Å². The molecule has 0 bridgehead atoms. The van der Waals surface area contributed by atoms with Crippen molar-refractivity contribution in [1.29, 1.82) is 0 Å². The Morgan fingerprint density at radius 1 is 1.69 bits per heavy atom. The van der Waals surface area contributed by atoms with Gasteiger partial charge in [0.2, 0.25) is 0 Å². The van der Waals surface area contributed by atoms with E-state index in [4.69, 9.17) is 0 Å². The first-order valence-corrected chi connectivity index (χ1v) is 5.56. The Kier molecular flexibility index (Phi) is 2.16. The van der Waals surface area contributed by atoms with Crippen molar-refractivity contribution in [2.24, 2.45) is 11.3 Å². The van der Waals surface area contributed by atoms with Crippen molar-refractivity contribution >= 4 is 11.5 Å². The monoisotopic (exact) mass is 196 g/mol. The second-order valence-electron chi connectivity index (χ2n) is 4.49. The molecular formula is C10H16N2S. The lowest BCUT2D eigenvalue weighted by atomic mass is 10.0. The van der Waals surface area contributed by atoms with Gasteiger partial charge in [0.15, 0.2) is 0 Å². The van der Waals surface area contributed by atoms with Gasteiger partial charge >= 0.3 is 0 Å². The molecule has 1 aliphatic carbocycles. The minimum Gasteiger partial charge on any atom is -0.311 e. The summed E-state index contributed by atoms with van der Waals surface area (Å²) in [4.78, 5) is 0. The fraction of sp³-hybridized carbons (Fsp3) is 0.700. The third-order valence-corrected chi connectivity index (χ3v) is 3.65. The standard InChI is InChI=1S/C10H16N2S/c1-10(2)6-7(10)9(11-3)8-4-5-13-12-8/h4-5,7,9,11H,6H2,1-3H3. The second-order valence-corrected chi connectivity index (χ2v) is 5.16. The van der Waals surface area contributed by atoms with Crippen molar-refractivity contribution in [3.8, 4) is 0 Å². The third kappa shape index (κ3) is 1.63. The highest BCUT2D eigenvalue weighted by atomic mass is 32.1. The maximum atomic E-state index is 4.39. The molecule has 2 rings (SSSR count). The molecule has 2 unspecified atom stereocenters. The van der Waals surface area contributed by atoms with Crippen molar-refractivity contribution in [2.45, 2.75) is 26.3 Å². The molecule has 0 spiro atoms. The summed E-state index contributed by atoms with van der Waals surface area (Å²) in [6.45, 7) is 4.66. The quantitative estimate of drug-likeness (QED) is 0.803. The van der Waals surface area contributed by atoms with Gasteiger partial charge in [0.1, 0.15) is 0 Å². The van der Waals surface area contributed by atoms with E-state index in [1.54, 1.807) is 0 Å². The van der Waals surface area contributed by atoms with E-state index in [9.17, 15) is 0 Å². The van der Waals surface area contributed by atoms with Crippen LogP contribution in [0.15, 0.2) is 11.4 Å². The molecule has 0 amide bonds. The highest BCUT2D eigenvalue weighted by Crippen LogP contribution is 2.57. The molecule has 1 aliphatic rings. The molecule has 1 aromatic rings. The van der Waals surface area contributed by atoms with Crippen LogP contribution >= 0.6 is 11.5 Å². The predicted molar refractivity (Wildman–Crippen MR) is 55.8 cm³/mol.